The van der Waals surface area contributed by atoms with Crippen LogP contribution in [-0.4, -0.2) is 20.5 Å². The summed E-state index contributed by atoms with van der Waals surface area (Å²) in [5.41, 5.74) is 6.05. The summed E-state index contributed by atoms with van der Waals surface area (Å²) in [5, 5.41) is 6.34. The van der Waals surface area contributed by atoms with Gasteiger partial charge >= 0.3 is 0 Å². The molecule has 0 aliphatic heterocycles. The van der Waals surface area contributed by atoms with Crippen LogP contribution in [0.5, 0.6) is 0 Å². The lowest BCUT2D eigenvalue weighted by atomic mass is 9.98. The fraction of sp³-hybridized carbons (Fsp3) is 0.429. The predicted molar refractivity (Wildman–Crippen MR) is 106 cm³/mol. The second kappa shape index (κ2) is 7.77. The van der Waals surface area contributed by atoms with Gasteiger partial charge in [0.15, 0.2) is 5.65 Å². The van der Waals surface area contributed by atoms with E-state index in [1.165, 1.54) is 0 Å². The molecule has 0 saturated heterocycles. The van der Waals surface area contributed by atoms with Crippen LogP contribution >= 0.6 is 0 Å². The maximum absolute atomic E-state index is 12.4. The Balaban J connectivity index is 1.72. The zero-order valence-corrected chi connectivity index (χ0v) is 16.1. The van der Waals surface area contributed by atoms with Crippen LogP contribution in [0.3, 0.4) is 0 Å². The highest BCUT2D eigenvalue weighted by atomic mass is 16.1. The number of aromatic amines is 1. The van der Waals surface area contributed by atoms with Gasteiger partial charge in [-0.3, -0.25) is 9.89 Å². The summed E-state index contributed by atoms with van der Waals surface area (Å²) in [4.78, 5) is 17.1. The van der Waals surface area contributed by atoms with Crippen molar-refractivity contribution in [2.24, 2.45) is 5.92 Å². The SMILES string of the molecule is CCCCC(CC)C(=O)Nc1ccc(-c2cn3[nH]c(C)c(C)c3n2)cc1. The number of aromatic nitrogens is 3. The molecular weight excluding hydrogens is 324 g/mol. The molecular formula is C21H28N4O. The highest BCUT2D eigenvalue weighted by Gasteiger charge is 2.16. The first-order chi connectivity index (χ1) is 12.5. The van der Waals surface area contributed by atoms with Crippen LogP contribution in [0.4, 0.5) is 5.69 Å². The lowest BCUT2D eigenvalue weighted by Crippen LogP contribution is -2.22. The standard InChI is InChI=1S/C21H28N4O/c1-5-7-8-16(6-2)21(26)22-18-11-9-17(10-12-18)19-13-25-20(23-19)14(3)15(4)24-25/h9-13,16,24H,5-8H2,1-4H3,(H,22,26). The number of benzene rings is 1. The molecule has 0 radical (unpaired) electrons. The number of fused-ring (bicyclic) bond motifs is 1. The smallest absolute Gasteiger partial charge is 0.227 e. The minimum absolute atomic E-state index is 0.0924. The number of H-pyrrole nitrogens is 1. The summed E-state index contributed by atoms with van der Waals surface area (Å²) in [5.74, 6) is 0.213. The molecule has 0 aliphatic carbocycles. The molecule has 1 amide bonds. The molecule has 3 aromatic rings. The Morgan fingerprint density at radius 3 is 2.58 bits per heavy atom. The van der Waals surface area contributed by atoms with Crippen LogP contribution in [0, 0.1) is 19.8 Å². The van der Waals surface area contributed by atoms with Gasteiger partial charge in [-0.2, -0.15) is 0 Å². The van der Waals surface area contributed by atoms with Gasteiger partial charge in [0.2, 0.25) is 5.91 Å². The number of amides is 1. The fourth-order valence-electron chi connectivity index (χ4n) is 3.24. The Bertz CT molecular complexity index is 889. The third kappa shape index (κ3) is 3.66. The molecule has 1 aromatic carbocycles. The van der Waals surface area contributed by atoms with Crippen LogP contribution in [0.25, 0.3) is 16.9 Å². The van der Waals surface area contributed by atoms with Gasteiger partial charge in [-0.1, -0.05) is 38.8 Å². The van der Waals surface area contributed by atoms with Crippen molar-refractivity contribution in [1.29, 1.82) is 0 Å². The largest absolute Gasteiger partial charge is 0.326 e. The van der Waals surface area contributed by atoms with Gasteiger partial charge in [-0.25, -0.2) is 9.50 Å². The highest BCUT2D eigenvalue weighted by Crippen LogP contribution is 2.24. The molecule has 2 N–H and O–H groups in total. The zero-order valence-electron chi connectivity index (χ0n) is 16.1. The van der Waals surface area contributed by atoms with Gasteiger partial charge in [-0.15, -0.1) is 0 Å². The molecule has 1 unspecified atom stereocenters. The van der Waals surface area contributed by atoms with E-state index in [2.05, 4.69) is 31.2 Å². The van der Waals surface area contributed by atoms with E-state index in [9.17, 15) is 4.79 Å². The van der Waals surface area contributed by atoms with Crippen LogP contribution in [0.1, 0.15) is 50.8 Å². The molecule has 0 fully saturated rings. The molecule has 0 saturated carbocycles. The summed E-state index contributed by atoms with van der Waals surface area (Å²) < 4.78 is 1.95. The summed E-state index contributed by atoms with van der Waals surface area (Å²) in [6.45, 7) is 8.35. The number of aryl methyl sites for hydroxylation is 2. The minimum atomic E-state index is 0.0924. The third-order valence-electron chi connectivity index (χ3n) is 5.11. The minimum Gasteiger partial charge on any atom is -0.326 e. The number of nitrogens with one attached hydrogen (secondary N) is 2. The third-order valence-corrected chi connectivity index (χ3v) is 5.11. The Labute approximate surface area is 154 Å². The van der Waals surface area contributed by atoms with Gasteiger partial charge in [-0.05, 0) is 38.8 Å². The maximum Gasteiger partial charge on any atom is 0.227 e. The van der Waals surface area contributed by atoms with Gasteiger partial charge in [0.1, 0.15) is 0 Å². The van der Waals surface area contributed by atoms with Crippen molar-refractivity contribution >= 4 is 17.2 Å². The molecule has 0 aliphatic rings. The fourth-order valence-corrected chi connectivity index (χ4v) is 3.24. The first-order valence-electron chi connectivity index (χ1n) is 9.49. The zero-order chi connectivity index (χ0) is 18.7. The average Bonchev–Trinajstić information content (AvgIpc) is 3.16. The van der Waals surface area contributed by atoms with Crippen LogP contribution in [0.2, 0.25) is 0 Å². The van der Waals surface area contributed by atoms with Crippen LogP contribution in [-0.2, 0) is 4.79 Å². The number of hydrogen-bond donors (Lipinski definition) is 2. The monoisotopic (exact) mass is 352 g/mol. The van der Waals surface area contributed by atoms with Crippen molar-refractivity contribution in [3.63, 3.8) is 0 Å². The van der Waals surface area contributed by atoms with Gasteiger partial charge < -0.3 is 5.32 Å². The first-order valence-corrected chi connectivity index (χ1v) is 9.49. The highest BCUT2D eigenvalue weighted by molar-refractivity contribution is 5.92. The number of anilines is 1. The summed E-state index contributed by atoms with van der Waals surface area (Å²) >= 11 is 0. The van der Waals surface area contributed by atoms with Gasteiger partial charge in [0, 0.05) is 28.4 Å². The molecule has 5 nitrogen and oxygen atoms in total. The number of carbonyl (C=O) groups excluding carboxylic acids is 1. The Morgan fingerprint density at radius 1 is 1.23 bits per heavy atom. The molecule has 138 valence electrons. The van der Waals surface area contributed by atoms with Crippen molar-refractivity contribution in [3.05, 3.63) is 41.7 Å². The molecule has 5 heteroatoms. The molecule has 3 rings (SSSR count). The van der Waals surface area contributed by atoms with E-state index in [1.807, 2.05) is 41.9 Å². The van der Waals surface area contributed by atoms with Crippen molar-refractivity contribution in [2.45, 2.75) is 53.4 Å². The quantitative estimate of drug-likeness (QED) is 0.621. The number of unbranched alkanes of at least 4 members (excludes halogenated alkanes) is 1. The molecule has 2 heterocycles. The molecule has 2 aromatic heterocycles. The molecule has 0 spiro atoms. The lowest BCUT2D eigenvalue weighted by molar-refractivity contribution is -0.120. The second-order valence-electron chi connectivity index (χ2n) is 7.00. The van der Waals surface area contributed by atoms with E-state index in [0.717, 1.165) is 59.5 Å². The first kappa shape index (κ1) is 18.2. The maximum atomic E-state index is 12.4. The average molecular weight is 352 g/mol. The number of hydrogen-bond acceptors (Lipinski definition) is 2. The Morgan fingerprint density at radius 2 is 1.96 bits per heavy atom. The summed E-state index contributed by atoms with van der Waals surface area (Å²) in [7, 11) is 0. The van der Waals surface area contributed by atoms with Crippen LogP contribution in [0.15, 0.2) is 30.5 Å². The summed E-state index contributed by atoms with van der Waals surface area (Å²) in [6.07, 6.45) is 6.05. The molecule has 0 bridgehead atoms. The Hall–Kier alpha value is -2.56. The van der Waals surface area contributed by atoms with Gasteiger partial charge in [0.05, 0.1) is 11.9 Å². The Kier molecular flexibility index (Phi) is 5.45. The van der Waals surface area contributed by atoms with E-state index in [-0.39, 0.29) is 11.8 Å². The number of carbonyl (C=O) groups is 1. The molecule has 1 atom stereocenters. The van der Waals surface area contributed by atoms with Crippen molar-refractivity contribution in [3.8, 4) is 11.3 Å². The van der Waals surface area contributed by atoms with E-state index >= 15 is 0 Å². The van der Waals surface area contributed by atoms with E-state index in [4.69, 9.17) is 4.98 Å². The van der Waals surface area contributed by atoms with E-state index in [1.54, 1.807) is 0 Å². The van der Waals surface area contributed by atoms with Crippen molar-refractivity contribution in [1.82, 2.24) is 14.6 Å². The lowest BCUT2D eigenvalue weighted by Gasteiger charge is -2.14. The predicted octanol–water partition coefficient (Wildman–Crippen LogP) is 5.10. The normalized spacial score (nSPS) is 12.5. The van der Waals surface area contributed by atoms with E-state index in [0.29, 0.717) is 0 Å². The van der Waals surface area contributed by atoms with Crippen molar-refractivity contribution < 1.29 is 4.79 Å². The number of imidazole rings is 1. The van der Waals surface area contributed by atoms with Gasteiger partial charge in [0.25, 0.3) is 0 Å². The van der Waals surface area contributed by atoms with E-state index < -0.39 is 0 Å². The number of rotatable bonds is 7. The second-order valence-corrected chi connectivity index (χ2v) is 7.00. The van der Waals surface area contributed by atoms with Crippen LogP contribution < -0.4 is 5.32 Å². The van der Waals surface area contributed by atoms with Crippen molar-refractivity contribution in [2.75, 3.05) is 5.32 Å². The summed E-state index contributed by atoms with van der Waals surface area (Å²) in [6, 6.07) is 7.91. The molecule has 26 heavy (non-hydrogen) atoms. The number of nitrogens with zero attached hydrogens (tertiary/aromatic N) is 2. The topological polar surface area (TPSA) is 62.2 Å².